The molecule has 1 atom stereocenters. The molecule has 5 rings (SSSR count). The molecule has 0 unspecified atom stereocenters. The molecular weight excluding hydrogens is 470 g/mol. The van der Waals surface area contributed by atoms with E-state index in [4.69, 9.17) is 9.47 Å². The molecule has 1 aliphatic carbocycles. The van der Waals surface area contributed by atoms with Crippen molar-refractivity contribution in [2.75, 3.05) is 20.7 Å². The number of ether oxygens (including phenoxy) is 2. The van der Waals surface area contributed by atoms with Gasteiger partial charge in [-0.3, -0.25) is 14.5 Å². The number of benzene rings is 3. The van der Waals surface area contributed by atoms with Gasteiger partial charge in [-0.15, -0.1) is 0 Å². The number of imide groups is 1. The van der Waals surface area contributed by atoms with Crippen LogP contribution in [0.4, 0.5) is 4.79 Å². The van der Waals surface area contributed by atoms with Crippen LogP contribution >= 0.6 is 0 Å². The zero-order chi connectivity index (χ0) is 26.0. The number of hydrogen-bond acceptors (Lipinski definition) is 5. The Kier molecular flexibility index (Phi) is 6.56. The van der Waals surface area contributed by atoms with Crippen molar-refractivity contribution < 1.29 is 23.9 Å². The lowest BCUT2D eigenvalue weighted by Gasteiger charge is -2.23. The van der Waals surface area contributed by atoms with Gasteiger partial charge in [-0.05, 0) is 47.2 Å². The van der Waals surface area contributed by atoms with Crippen LogP contribution in [0.5, 0.6) is 11.5 Å². The van der Waals surface area contributed by atoms with Crippen molar-refractivity contribution in [2.24, 2.45) is 0 Å². The lowest BCUT2D eigenvalue weighted by atomic mass is 9.92. The first-order chi connectivity index (χ1) is 17.9. The predicted octanol–water partition coefficient (Wildman–Crippen LogP) is 3.63. The summed E-state index contributed by atoms with van der Waals surface area (Å²) in [4.78, 5) is 41.6. The first kappa shape index (κ1) is 24.4. The van der Waals surface area contributed by atoms with Gasteiger partial charge >= 0.3 is 6.03 Å². The SMILES string of the molecule is COc1cc(CN(C)C(=O)CN2C(=O)N[C@@]3(CCc4ccccc43)C2=O)ccc1OCc1ccccc1. The predicted molar refractivity (Wildman–Crippen MR) is 137 cm³/mol. The fourth-order valence-electron chi connectivity index (χ4n) is 5.02. The summed E-state index contributed by atoms with van der Waals surface area (Å²) in [5.74, 6) is 0.455. The number of amides is 4. The monoisotopic (exact) mass is 499 g/mol. The molecular formula is C29H29N3O5. The highest BCUT2D eigenvalue weighted by molar-refractivity contribution is 6.09. The van der Waals surface area contributed by atoms with Crippen molar-refractivity contribution in [2.45, 2.75) is 31.5 Å². The van der Waals surface area contributed by atoms with Crippen LogP contribution in [0.25, 0.3) is 0 Å². The van der Waals surface area contributed by atoms with E-state index in [-0.39, 0.29) is 24.9 Å². The number of likely N-dealkylation sites (N-methyl/N-ethyl adjacent to an activating group) is 1. The average molecular weight is 500 g/mol. The van der Waals surface area contributed by atoms with Crippen LogP contribution < -0.4 is 14.8 Å². The van der Waals surface area contributed by atoms with Crippen LogP contribution in [0, 0.1) is 0 Å². The Morgan fingerprint density at radius 2 is 1.76 bits per heavy atom. The topological polar surface area (TPSA) is 88.2 Å². The maximum Gasteiger partial charge on any atom is 0.325 e. The zero-order valence-corrected chi connectivity index (χ0v) is 20.9. The molecule has 37 heavy (non-hydrogen) atoms. The maximum absolute atomic E-state index is 13.3. The van der Waals surface area contributed by atoms with Gasteiger partial charge in [-0.25, -0.2) is 4.79 Å². The van der Waals surface area contributed by atoms with Gasteiger partial charge in [0, 0.05) is 13.6 Å². The molecule has 1 N–H and O–H groups in total. The second-order valence-electron chi connectivity index (χ2n) is 9.39. The summed E-state index contributed by atoms with van der Waals surface area (Å²) in [6.45, 7) is 0.374. The molecule has 1 spiro atoms. The van der Waals surface area contributed by atoms with Crippen LogP contribution in [0.3, 0.4) is 0 Å². The van der Waals surface area contributed by atoms with Crippen LogP contribution in [0.15, 0.2) is 72.8 Å². The third-order valence-electron chi connectivity index (χ3n) is 7.03. The van der Waals surface area contributed by atoms with E-state index in [1.807, 2.05) is 72.8 Å². The lowest BCUT2D eigenvalue weighted by molar-refractivity contribution is -0.138. The van der Waals surface area contributed by atoms with Gasteiger partial charge in [-0.2, -0.15) is 0 Å². The number of urea groups is 1. The van der Waals surface area contributed by atoms with Crippen molar-refractivity contribution >= 4 is 17.8 Å². The molecule has 4 amide bonds. The minimum Gasteiger partial charge on any atom is -0.493 e. The van der Waals surface area contributed by atoms with Crippen molar-refractivity contribution in [3.05, 3.63) is 95.1 Å². The molecule has 1 heterocycles. The van der Waals surface area contributed by atoms with Gasteiger partial charge in [0.05, 0.1) is 7.11 Å². The highest BCUT2D eigenvalue weighted by Gasteiger charge is 2.55. The van der Waals surface area contributed by atoms with Crippen LogP contribution in [-0.2, 0) is 34.7 Å². The molecule has 1 aliphatic heterocycles. The van der Waals surface area contributed by atoms with Crippen LogP contribution in [0.1, 0.15) is 28.7 Å². The number of nitrogens with one attached hydrogen (secondary N) is 1. The molecule has 3 aromatic carbocycles. The number of nitrogens with zero attached hydrogens (tertiary/aromatic N) is 2. The molecule has 0 radical (unpaired) electrons. The normalized spacial score (nSPS) is 18.1. The number of methoxy groups -OCH3 is 1. The van der Waals surface area contributed by atoms with E-state index in [2.05, 4.69) is 5.32 Å². The number of carbonyl (C=O) groups excluding carboxylic acids is 3. The Morgan fingerprint density at radius 3 is 2.54 bits per heavy atom. The summed E-state index contributed by atoms with van der Waals surface area (Å²) >= 11 is 0. The van der Waals surface area contributed by atoms with E-state index >= 15 is 0 Å². The number of rotatable bonds is 8. The van der Waals surface area contributed by atoms with Crippen LogP contribution in [-0.4, -0.2) is 48.3 Å². The second kappa shape index (κ2) is 9.97. The molecule has 3 aromatic rings. The lowest BCUT2D eigenvalue weighted by Crippen LogP contribution is -2.44. The van der Waals surface area contributed by atoms with E-state index in [0.717, 1.165) is 27.2 Å². The highest BCUT2D eigenvalue weighted by Crippen LogP contribution is 2.41. The van der Waals surface area contributed by atoms with E-state index in [0.29, 0.717) is 30.9 Å². The van der Waals surface area contributed by atoms with Gasteiger partial charge < -0.3 is 19.7 Å². The van der Waals surface area contributed by atoms with Crippen molar-refractivity contribution in [1.29, 1.82) is 0 Å². The fraction of sp³-hybridized carbons (Fsp3) is 0.276. The molecule has 1 fully saturated rings. The third kappa shape index (κ3) is 4.62. The molecule has 1 saturated heterocycles. The van der Waals surface area contributed by atoms with E-state index in [1.165, 1.54) is 4.90 Å². The molecule has 8 heteroatoms. The summed E-state index contributed by atoms with van der Waals surface area (Å²) in [5.41, 5.74) is 2.67. The van der Waals surface area contributed by atoms with E-state index in [1.54, 1.807) is 14.2 Å². The summed E-state index contributed by atoms with van der Waals surface area (Å²) in [6.07, 6.45) is 1.20. The number of hydrogen-bond donors (Lipinski definition) is 1. The van der Waals surface area contributed by atoms with Crippen molar-refractivity contribution in [1.82, 2.24) is 15.1 Å². The maximum atomic E-state index is 13.3. The minimum absolute atomic E-state index is 0.284. The van der Waals surface area contributed by atoms with Gasteiger partial charge in [0.2, 0.25) is 5.91 Å². The summed E-state index contributed by atoms with van der Waals surface area (Å²) in [7, 11) is 3.21. The Balaban J connectivity index is 1.23. The van der Waals surface area contributed by atoms with Gasteiger partial charge in [0.1, 0.15) is 18.7 Å². The molecule has 0 saturated carbocycles. The molecule has 0 bridgehead atoms. The largest absolute Gasteiger partial charge is 0.493 e. The quantitative estimate of drug-likeness (QED) is 0.479. The highest BCUT2D eigenvalue weighted by atomic mass is 16.5. The Bertz CT molecular complexity index is 1340. The van der Waals surface area contributed by atoms with Crippen molar-refractivity contribution in [3.8, 4) is 11.5 Å². The zero-order valence-electron chi connectivity index (χ0n) is 20.9. The first-order valence-corrected chi connectivity index (χ1v) is 12.2. The minimum atomic E-state index is -1.07. The first-order valence-electron chi connectivity index (χ1n) is 12.2. The Hall–Kier alpha value is -4.33. The standard InChI is InChI=1S/C29H29N3O5/c1-31(17-21-12-13-24(25(16-21)36-2)37-19-20-8-4-3-5-9-20)26(33)18-32-27(34)29(30-28(32)35)15-14-22-10-6-7-11-23(22)29/h3-13,16H,14-15,17-19H2,1-2H3,(H,30,35)/t29-/m1/s1. The molecule has 190 valence electrons. The molecule has 8 nitrogen and oxygen atoms in total. The number of fused-ring (bicyclic) bond motifs is 2. The van der Waals surface area contributed by atoms with Crippen molar-refractivity contribution in [3.63, 3.8) is 0 Å². The van der Waals surface area contributed by atoms with Gasteiger partial charge in [0.15, 0.2) is 11.5 Å². The molecule has 2 aliphatic rings. The van der Waals surface area contributed by atoms with Crippen LogP contribution in [0.2, 0.25) is 0 Å². The summed E-state index contributed by atoms with van der Waals surface area (Å²) in [6, 6.07) is 22.4. The smallest absolute Gasteiger partial charge is 0.325 e. The number of carbonyl (C=O) groups is 3. The van der Waals surface area contributed by atoms with E-state index < -0.39 is 11.6 Å². The third-order valence-corrected chi connectivity index (χ3v) is 7.03. The molecule has 0 aromatic heterocycles. The Morgan fingerprint density at radius 1 is 1.00 bits per heavy atom. The summed E-state index contributed by atoms with van der Waals surface area (Å²) in [5, 5.41) is 2.86. The van der Waals surface area contributed by atoms with E-state index in [9.17, 15) is 14.4 Å². The average Bonchev–Trinajstić information content (AvgIpc) is 3.40. The Labute approximate surface area is 215 Å². The number of aryl methyl sites for hydroxylation is 1. The van der Waals surface area contributed by atoms with Gasteiger partial charge in [0.25, 0.3) is 5.91 Å². The fourth-order valence-corrected chi connectivity index (χ4v) is 5.02. The second-order valence-corrected chi connectivity index (χ2v) is 9.39. The van der Waals surface area contributed by atoms with Gasteiger partial charge in [-0.1, -0.05) is 60.7 Å². The summed E-state index contributed by atoms with van der Waals surface area (Å²) < 4.78 is 11.4.